The molecule has 54 valence electrons. The van der Waals surface area contributed by atoms with Crippen LogP contribution in [0.4, 0.5) is 0 Å². The molecule has 0 saturated carbocycles. The fourth-order valence-electron chi connectivity index (χ4n) is 0.653. The molecule has 0 aliphatic carbocycles. The molecule has 0 unspecified atom stereocenters. The first-order valence-electron chi connectivity index (χ1n) is 3.02. The summed E-state index contributed by atoms with van der Waals surface area (Å²) in [6, 6.07) is 3.15. The van der Waals surface area contributed by atoms with Gasteiger partial charge in [-0.2, -0.15) is 5.10 Å². The number of nitrogens with zero attached hydrogens (tertiary/aromatic N) is 1. The molecule has 0 amide bonds. The quantitative estimate of drug-likeness (QED) is 0.580. The van der Waals surface area contributed by atoms with Gasteiger partial charge in [0.15, 0.2) is 0 Å². The van der Waals surface area contributed by atoms with Gasteiger partial charge in [-0.05, 0) is 13.1 Å². The van der Waals surface area contributed by atoms with Crippen LogP contribution in [-0.4, -0.2) is 17.2 Å². The molecule has 0 radical (unpaired) electrons. The Morgan fingerprint density at radius 3 is 3.00 bits per heavy atom. The number of H-pyrrole nitrogens is 1. The van der Waals surface area contributed by atoms with E-state index in [0.29, 0.717) is 6.54 Å². The first-order chi connectivity index (χ1) is 4.83. The van der Waals surface area contributed by atoms with Crippen molar-refractivity contribution in [1.29, 1.82) is 0 Å². The molecule has 1 aromatic rings. The van der Waals surface area contributed by atoms with Gasteiger partial charge >= 0.3 is 0 Å². The lowest BCUT2D eigenvalue weighted by molar-refractivity contribution is 0.762. The lowest BCUT2D eigenvalue weighted by atomic mass is 10.4. The number of aromatic amines is 1. The minimum absolute atomic E-state index is 0.167. The zero-order valence-corrected chi connectivity index (χ0v) is 5.72. The molecule has 0 aliphatic heterocycles. The molecule has 4 heteroatoms. The third-order valence-corrected chi connectivity index (χ3v) is 1.09. The highest BCUT2D eigenvalue weighted by molar-refractivity contribution is 4.98. The van der Waals surface area contributed by atoms with Crippen molar-refractivity contribution in [1.82, 2.24) is 15.5 Å². The van der Waals surface area contributed by atoms with Gasteiger partial charge in [0.2, 0.25) is 0 Å². The van der Waals surface area contributed by atoms with Crippen molar-refractivity contribution >= 4 is 0 Å². The second-order valence-corrected chi connectivity index (χ2v) is 1.94. The molecule has 0 saturated heterocycles. The smallest absolute Gasteiger partial charge is 0.264 e. The molecule has 2 N–H and O–H groups in total. The molecular formula is C6H9N3O. The molecule has 0 spiro atoms. The van der Waals surface area contributed by atoms with Crippen LogP contribution in [0.5, 0.6) is 0 Å². The lowest BCUT2D eigenvalue weighted by Crippen LogP contribution is -2.12. The minimum Gasteiger partial charge on any atom is -0.314 e. The summed E-state index contributed by atoms with van der Waals surface area (Å²) in [4.78, 5) is 10.5. The van der Waals surface area contributed by atoms with Crippen LogP contribution in [0, 0.1) is 0 Å². The Hall–Kier alpha value is -1.16. The number of aromatic nitrogens is 2. The van der Waals surface area contributed by atoms with E-state index in [4.69, 9.17) is 0 Å². The Morgan fingerprint density at radius 1 is 1.70 bits per heavy atom. The van der Waals surface area contributed by atoms with Gasteiger partial charge in [0, 0.05) is 12.6 Å². The summed E-state index contributed by atoms with van der Waals surface area (Å²) >= 11 is 0. The van der Waals surface area contributed by atoms with E-state index in [0.717, 1.165) is 5.69 Å². The van der Waals surface area contributed by atoms with Crippen LogP contribution in [0.15, 0.2) is 16.9 Å². The van der Waals surface area contributed by atoms with Crippen LogP contribution in [0.3, 0.4) is 0 Å². The summed E-state index contributed by atoms with van der Waals surface area (Å²) < 4.78 is 0. The average Bonchev–Trinajstić information content (AvgIpc) is 1.95. The second kappa shape index (κ2) is 3.12. The maximum absolute atomic E-state index is 10.5. The van der Waals surface area contributed by atoms with Crippen molar-refractivity contribution in [2.75, 3.05) is 7.05 Å². The number of hydrogen-bond donors (Lipinski definition) is 2. The van der Waals surface area contributed by atoms with Crippen LogP contribution in [0.2, 0.25) is 0 Å². The van der Waals surface area contributed by atoms with Gasteiger partial charge in [-0.15, -0.1) is 0 Å². The molecule has 0 atom stereocenters. The maximum atomic E-state index is 10.5. The average molecular weight is 139 g/mol. The van der Waals surface area contributed by atoms with Crippen molar-refractivity contribution in [3.05, 3.63) is 28.2 Å². The predicted molar refractivity (Wildman–Crippen MR) is 37.6 cm³/mol. The monoisotopic (exact) mass is 139 g/mol. The zero-order chi connectivity index (χ0) is 7.40. The standard InChI is InChI=1S/C6H9N3O/c1-7-4-5-2-3-6(10)9-8-5/h2-3,7H,4H2,1H3,(H,9,10). The van der Waals surface area contributed by atoms with E-state index in [1.807, 2.05) is 7.05 Å². The molecule has 4 nitrogen and oxygen atoms in total. The van der Waals surface area contributed by atoms with Gasteiger partial charge in [-0.1, -0.05) is 0 Å². The molecule has 0 aliphatic rings. The predicted octanol–water partition coefficient (Wildman–Crippen LogP) is -0.511. The van der Waals surface area contributed by atoms with Crippen LogP contribution >= 0.6 is 0 Å². The summed E-state index contributed by atoms with van der Waals surface area (Å²) in [5.74, 6) is 0. The topological polar surface area (TPSA) is 57.8 Å². The largest absolute Gasteiger partial charge is 0.314 e. The van der Waals surface area contributed by atoms with Gasteiger partial charge < -0.3 is 5.32 Å². The van der Waals surface area contributed by atoms with Crippen molar-refractivity contribution in [3.63, 3.8) is 0 Å². The highest BCUT2D eigenvalue weighted by Crippen LogP contribution is 1.84. The highest BCUT2D eigenvalue weighted by atomic mass is 16.1. The molecule has 1 rings (SSSR count). The molecule has 0 fully saturated rings. The fourth-order valence-corrected chi connectivity index (χ4v) is 0.653. The Bertz CT molecular complexity index is 235. The van der Waals surface area contributed by atoms with E-state index in [2.05, 4.69) is 15.5 Å². The summed E-state index contributed by atoms with van der Waals surface area (Å²) in [5, 5.41) is 9.03. The first-order valence-corrected chi connectivity index (χ1v) is 3.02. The fraction of sp³-hybridized carbons (Fsp3) is 0.333. The minimum atomic E-state index is -0.167. The van der Waals surface area contributed by atoms with Crippen molar-refractivity contribution in [3.8, 4) is 0 Å². The molecule has 10 heavy (non-hydrogen) atoms. The Kier molecular flexibility index (Phi) is 2.17. The highest BCUT2D eigenvalue weighted by Gasteiger charge is 1.89. The van der Waals surface area contributed by atoms with E-state index in [9.17, 15) is 4.79 Å². The number of nitrogens with one attached hydrogen (secondary N) is 2. The summed E-state index contributed by atoms with van der Waals surface area (Å²) in [5.41, 5.74) is 0.668. The van der Waals surface area contributed by atoms with E-state index in [1.165, 1.54) is 6.07 Å². The number of hydrogen-bond acceptors (Lipinski definition) is 3. The van der Waals surface area contributed by atoms with Crippen LogP contribution < -0.4 is 10.9 Å². The Morgan fingerprint density at radius 2 is 2.50 bits per heavy atom. The molecule has 1 heterocycles. The molecule has 0 aromatic carbocycles. The molecule has 0 bridgehead atoms. The van der Waals surface area contributed by atoms with Gasteiger partial charge in [0.05, 0.1) is 5.69 Å². The summed E-state index contributed by atoms with van der Waals surface area (Å²) in [6.45, 7) is 0.677. The summed E-state index contributed by atoms with van der Waals surface area (Å²) in [6.07, 6.45) is 0. The first kappa shape index (κ1) is 6.95. The summed E-state index contributed by atoms with van der Waals surface area (Å²) in [7, 11) is 1.83. The van der Waals surface area contributed by atoms with E-state index < -0.39 is 0 Å². The van der Waals surface area contributed by atoms with Gasteiger partial charge in [-0.25, -0.2) is 5.10 Å². The third kappa shape index (κ3) is 1.66. The third-order valence-electron chi connectivity index (χ3n) is 1.09. The second-order valence-electron chi connectivity index (χ2n) is 1.94. The van der Waals surface area contributed by atoms with E-state index in [1.54, 1.807) is 6.07 Å². The van der Waals surface area contributed by atoms with E-state index in [-0.39, 0.29) is 5.56 Å². The van der Waals surface area contributed by atoms with Crippen LogP contribution in [0.25, 0.3) is 0 Å². The van der Waals surface area contributed by atoms with Gasteiger partial charge in [0.25, 0.3) is 5.56 Å². The van der Waals surface area contributed by atoms with Crippen molar-refractivity contribution in [2.24, 2.45) is 0 Å². The SMILES string of the molecule is CNCc1ccc(=O)[nH]n1. The Labute approximate surface area is 58.3 Å². The maximum Gasteiger partial charge on any atom is 0.264 e. The molecule has 1 aromatic heterocycles. The lowest BCUT2D eigenvalue weighted by Gasteiger charge is -1.94. The van der Waals surface area contributed by atoms with Gasteiger partial charge in [0.1, 0.15) is 0 Å². The molecular weight excluding hydrogens is 130 g/mol. The van der Waals surface area contributed by atoms with Crippen molar-refractivity contribution < 1.29 is 0 Å². The zero-order valence-electron chi connectivity index (χ0n) is 5.72. The Balaban J connectivity index is 2.79. The van der Waals surface area contributed by atoms with Crippen molar-refractivity contribution in [2.45, 2.75) is 6.54 Å². The van der Waals surface area contributed by atoms with Gasteiger partial charge in [-0.3, -0.25) is 4.79 Å². The van der Waals surface area contributed by atoms with Crippen LogP contribution in [-0.2, 0) is 6.54 Å². The van der Waals surface area contributed by atoms with Crippen LogP contribution in [0.1, 0.15) is 5.69 Å². The number of rotatable bonds is 2. The van der Waals surface area contributed by atoms with E-state index >= 15 is 0 Å². The normalized spacial score (nSPS) is 9.70.